The van der Waals surface area contributed by atoms with Crippen LogP contribution < -0.4 is 10.9 Å². The van der Waals surface area contributed by atoms with E-state index in [1.165, 1.54) is 12.1 Å². The van der Waals surface area contributed by atoms with Crippen LogP contribution in [0.2, 0.25) is 0 Å². The van der Waals surface area contributed by atoms with Gasteiger partial charge in [0.2, 0.25) is 0 Å². The number of nitrogens with zero attached hydrogens (tertiary/aromatic N) is 1. The highest BCUT2D eigenvalue weighted by atomic mass is 79.9. The number of carbonyl (C=O) groups excluding carboxylic acids is 1. The Labute approximate surface area is 119 Å². The Bertz CT molecular complexity index is 634. The molecule has 0 fully saturated rings. The summed E-state index contributed by atoms with van der Waals surface area (Å²) >= 11 is 6.66. The number of hydrogen-bond acceptors (Lipinski definition) is 3. The number of H-pyrrole nitrogens is 1. The van der Waals surface area contributed by atoms with Gasteiger partial charge in [-0.1, -0.05) is 15.9 Å². The lowest BCUT2D eigenvalue weighted by Crippen LogP contribution is -2.17. The number of halogens is 2. The smallest absolute Gasteiger partial charge is 0.276 e. The zero-order valence-corrected chi connectivity index (χ0v) is 12.1. The number of nitrogens with one attached hydrogen (secondary N) is 2. The summed E-state index contributed by atoms with van der Waals surface area (Å²) in [6, 6.07) is 7.98. The number of carbonyl (C=O) groups is 1. The molecule has 0 aliphatic carbocycles. The first-order chi connectivity index (χ1) is 8.56. The van der Waals surface area contributed by atoms with Gasteiger partial charge in [0.15, 0.2) is 0 Å². The molecule has 2 N–H and O–H groups in total. The van der Waals surface area contributed by atoms with Gasteiger partial charge in [0.25, 0.3) is 11.5 Å². The number of aromatic amines is 1. The number of amides is 1. The molecule has 0 saturated heterocycles. The minimum absolute atomic E-state index is 0.143. The van der Waals surface area contributed by atoms with Gasteiger partial charge >= 0.3 is 0 Å². The van der Waals surface area contributed by atoms with Crippen LogP contribution in [0.15, 0.2) is 44.1 Å². The van der Waals surface area contributed by atoms with Gasteiger partial charge in [0, 0.05) is 15.0 Å². The summed E-state index contributed by atoms with van der Waals surface area (Å²) in [4.78, 5) is 22.7. The van der Waals surface area contributed by atoms with E-state index in [1.54, 1.807) is 12.1 Å². The molecule has 0 aliphatic heterocycles. The van der Waals surface area contributed by atoms with Gasteiger partial charge in [0.1, 0.15) is 5.69 Å². The van der Waals surface area contributed by atoms with Crippen LogP contribution in [-0.2, 0) is 0 Å². The average Bonchev–Trinajstić information content (AvgIpc) is 2.33. The molecule has 1 aromatic heterocycles. The van der Waals surface area contributed by atoms with Crippen LogP contribution in [0.4, 0.5) is 5.69 Å². The first-order valence-electron chi connectivity index (χ1n) is 4.88. The number of benzene rings is 1. The number of aromatic nitrogens is 2. The normalized spacial score (nSPS) is 10.1. The van der Waals surface area contributed by atoms with Crippen molar-refractivity contribution >= 4 is 43.5 Å². The van der Waals surface area contributed by atoms with Crippen molar-refractivity contribution < 1.29 is 4.79 Å². The van der Waals surface area contributed by atoms with Crippen molar-refractivity contribution in [1.29, 1.82) is 0 Å². The van der Waals surface area contributed by atoms with E-state index in [0.29, 0.717) is 5.69 Å². The predicted octanol–water partition coefficient (Wildman–Crippen LogP) is 2.55. The summed E-state index contributed by atoms with van der Waals surface area (Å²) in [6.07, 6.45) is 0. The van der Waals surface area contributed by atoms with Crippen LogP contribution >= 0.6 is 31.9 Å². The molecule has 0 saturated carbocycles. The summed E-state index contributed by atoms with van der Waals surface area (Å²) in [5.74, 6) is -0.394. The van der Waals surface area contributed by atoms with Gasteiger partial charge in [-0.25, -0.2) is 5.10 Å². The molecule has 7 heteroatoms. The van der Waals surface area contributed by atoms with Gasteiger partial charge in [-0.05, 0) is 40.2 Å². The van der Waals surface area contributed by atoms with Gasteiger partial charge in [-0.2, -0.15) is 5.10 Å². The third-order valence-corrected chi connectivity index (χ3v) is 3.24. The second-order valence-electron chi connectivity index (χ2n) is 3.38. The van der Waals surface area contributed by atoms with Gasteiger partial charge in [0.05, 0.1) is 5.69 Å². The number of rotatable bonds is 2. The van der Waals surface area contributed by atoms with Crippen molar-refractivity contribution in [2.24, 2.45) is 0 Å². The van der Waals surface area contributed by atoms with Gasteiger partial charge < -0.3 is 5.32 Å². The summed E-state index contributed by atoms with van der Waals surface area (Å²) in [5, 5.41) is 8.53. The van der Waals surface area contributed by atoms with Crippen molar-refractivity contribution in [3.05, 3.63) is 55.3 Å². The molecule has 0 aliphatic rings. The molecule has 1 aromatic carbocycles. The highest BCUT2D eigenvalue weighted by molar-refractivity contribution is 9.11. The average molecular weight is 373 g/mol. The van der Waals surface area contributed by atoms with Crippen LogP contribution in [0.25, 0.3) is 0 Å². The summed E-state index contributed by atoms with van der Waals surface area (Å²) in [6.45, 7) is 0. The maximum atomic E-state index is 11.8. The summed E-state index contributed by atoms with van der Waals surface area (Å²) in [7, 11) is 0. The van der Waals surface area contributed by atoms with Crippen LogP contribution in [0, 0.1) is 0 Å². The van der Waals surface area contributed by atoms with Crippen LogP contribution in [-0.4, -0.2) is 16.1 Å². The fourth-order valence-corrected chi connectivity index (χ4v) is 2.39. The molecule has 92 valence electrons. The lowest BCUT2D eigenvalue weighted by molar-refractivity contribution is 0.102. The Balaban J connectivity index is 2.21. The summed E-state index contributed by atoms with van der Waals surface area (Å²) in [5.41, 5.74) is 0.414. The van der Waals surface area contributed by atoms with E-state index in [1.807, 2.05) is 6.07 Å². The molecule has 0 spiro atoms. The molecular weight excluding hydrogens is 366 g/mol. The number of hydrogen-bond donors (Lipinski definition) is 2. The Morgan fingerprint density at radius 2 is 2.00 bits per heavy atom. The second kappa shape index (κ2) is 5.45. The molecule has 0 bridgehead atoms. The highest BCUT2D eigenvalue weighted by Crippen LogP contribution is 2.26. The van der Waals surface area contributed by atoms with Crippen LogP contribution in [0.1, 0.15) is 10.5 Å². The third kappa shape index (κ3) is 3.05. The van der Waals surface area contributed by atoms with E-state index >= 15 is 0 Å². The Hall–Kier alpha value is -1.47. The lowest BCUT2D eigenvalue weighted by Gasteiger charge is -2.06. The maximum Gasteiger partial charge on any atom is 0.276 e. The largest absolute Gasteiger partial charge is 0.320 e. The Kier molecular flexibility index (Phi) is 3.93. The molecular formula is C11H7Br2N3O2. The SMILES string of the molecule is O=C(Nc1ccc(Br)cc1Br)c1ccc(=O)[nH]n1. The van der Waals surface area contributed by atoms with Crippen molar-refractivity contribution in [1.82, 2.24) is 10.2 Å². The first kappa shape index (κ1) is 13.0. The minimum atomic E-state index is -0.394. The van der Waals surface area contributed by atoms with E-state index in [0.717, 1.165) is 8.95 Å². The fraction of sp³-hybridized carbons (Fsp3) is 0. The maximum absolute atomic E-state index is 11.8. The highest BCUT2D eigenvalue weighted by Gasteiger charge is 2.09. The predicted molar refractivity (Wildman–Crippen MR) is 74.7 cm³/mol. The van der Waals surface area contributed by atoms with Crippen molar-refractivity contribution in [2.75, 3.05) is 5.32 Å². The zero-order chi connectivity index (χ0) is 13.1. The first-order valence-corrected chi connectivity index (χ1v) is 6.47. The Morgan fingerprint density at radius 1 is 1.22 bits per heavy atom. The Morgan fingerprint density at radius 3 is 2.61 bits per heavy atom. The zero-order valence-electron chi connectivity index (χ0n) is 8.91. The number of anilines is 1. The standard InChI is InChI=1S/C11H7Br2N3O2/c12-6-1-2-8(7(13)5-6)14-11(18)9-3-4-10(17)16-15-9/h1-5H,(H,14,18)(H,16,17). The second-order valence-corrected chi connectivity index (χ2v) is 5.15. The van der Waals surface area contributed by atoms with E-state index in [2.05, 4.69) is 47.4 Å². The molecule has 0 radical (unpaired) electrons. The lowest BCUT2D eigenvalue weighted by atomic mass is 10.3. The molecule has 18 heavy (non-hydrogen) atoms. The van der Waals surface area contributed by atoms with E-state index < -0.39 is 5.91 Å². The van der Waals surface area contributed by atoms with E-state index in [9.17, 15) is 9.59 Å². The van der Waals surface area contributed by atoms with Crippen LogP contribution in [0.5, 0.6) is 0 Å². The van der Waals surface area contributed by atoms with Gasteiger partial charge in [-0.3, -0.25) is 9.59 Å². The molecule has 2 rings (SSSR count). The fourth-order valence-electron chi connectivity index (χ4n) is 1.25. The van der Waals surface area contributed by atoms with Crippen molar-refractivity contribution in [3.8, 4) is 0 Å². The molecule has 0 atom stereocenters. The minimum Gasteiger partial charge on any atom is -0.320 e. The van der Waals surface area contributed by atoms with Crippen molar-refractivity contribution in [3.63, 3.8) is 0 Å². The monoisotopic (exact) mass is 371 g/mol. The molecule has 1 heterocycles. The topological polar surface area (TPSA) is 74.8 Å². The summed E-state index contributed by atoms with van der Waals surface area (Å²) < 4.78 is 1.64. The van der Waals surface area contributed by atoms with E-state index in [-0.39, 0.29) is 11.3 Å². The molecule has 5 nitrogen and oxygen atoms in total. The quantitative estimate of drug-likeness (QED) is 0.850. The molecule has 0 unspecified atom stereocenters. The third-order valence-electron chi connectivity index (χ3n) is 2.09. The van der Waals surface area contributed by atoms with Gasteiger partial charge in [-0.15, -0.1) is 0 Å². The molecule has 2 aromatic rings. The van der Waals surface area contributed by atoms with E-state index in [4.69, 9.17) is 0 Å². The van der Waals surface area contributed by atoms with Crippen LogP contribution in [0.3, 0.4) is 0 Å². The van der Waals surface area contributed by atoms with Crippen molar-refractivity contribution in [2.45, 2.75) is 0 Å². The molecule has 1 amide bonds.